The van der Waals surface area contributed by atoms with Crippen molar-refractivity contribution in [2.45, 2.75) is 33.2 Å². The van der Waals surface area contributed by atoms with Crippen LogP contribution in [0.3, 0.4) is 0 Å². The predicted molar refractivity (Wildman–Crippen MR) is 98.2 cm³/mol. The zero-order valence-electron chi connectivity index (χ0n) is 14.2. The van der Waals surface area contributed by atoms with Crippen molar-refractivity contribution in [3.63, 3.8) is 0 Å². The Morgan fingerprint density at radius 3 is 2.43 bits per heavy atom. The van der Waals surface area contributed by atoms with Gasteiger partial charge in [0.1, 0.15) is 11.6 Å². The topological polar surface area (TPSA) is 41.0 Å². The largest absolute Gasteiger partial charge is 0.351 e. The van der Waals surface area contributed by atoms with Crippen molar-refractivity contribution in [3.8, 4) is 0 Å². The quantitative estimate of drug-likeness (QED) is 0.920. The summed E-state index contributed by atoms with van der Waals surface area (Å²) in [6.45, 7) is 8.25. The highest BCUT2D eigenvalue weighted by Gasteiger charge is 2.25. The molecule has 0 radical (unpaired) electrons. The van der Waals surface area contributed by atoms with Crippen molar-refractivity contribution in [2.24, 2.45) is 0 Å². The van der Waals surface area contributed by atoms with Gasteiger partial charge in [-0.25, -0.2) is 9.97 Å². The van der Waals surface area contributed by atoms with E-state index in [2.05, 4.69) is 65.5 Å². The summed E-state index contributed by atoms with van der Waals surface area (Å²) in [7, 11) is 2.09. The molecule has 1 aromatic heterocycles. The monoisotopic (exact) mass is 326 g/mol. The molecule has 1 aromatic carbocycles. The third kappa shape index (κ3) is 3.34. The number of benzene rings is 1. The van der Waals surface area contributed by atoms with Gasteiger partial charge in [0.05, 0.1) is 0 Å². The first-order valence-electron chi connectivity index (χ1n) is 7.70. The summed E-state index contributed by atoms with van der Waals surface area (Å²) < 4.78 is 0. The van der Waals surface area contributed by atoms with Crippen molar-refractivity contribution in [2.75, 3.05) is 12.4 Å². The van der Waals surface area contributed by atoms with Crippen LogP contribution in [0.25, 0.3) is 4.91 Å². The molecule has 1 atom stereocenters. The van der Waals surface area contributed by atoms with Gasteiger partial charge in [0.2, 0.25) is 0 Å². The molecule has 23 heavy (non-hydrogen) atoms. The molecule has 2 aromatic rings. The first-order chi connectivity index (χ1) is 10.9. The smallest absolute Gasteiger partial charge is 0.153 e. The van der Waals surface area contributed by atoms with Gasteiger partial charge in [0.25, 0.3) is 0 Å². The summed E-state index contributed by atoms with van der Waals surface area (Å²) in [6, 6.07) is 8.43. The van der Waals surface area contributed by atoms with E-state index in [9.17, 15) is 0 Å². The van der Waals surface area contributed by atoms with E-state index in [1.54, 1.807) is 0 Å². The zero-order chi connectivity index (χ0) is 16.6. The van der Waals surface area contributed by atoms with E-state index >= 15 is 0 Å². The molecule has 1 aliphatic rings. The summed E-state index contributed by atoms with van der Waals surface area (Å²) in [6.07, 6.45) is 2.21. The fourth-order valence-electron chi connectivity index (χ4n) is 2.86. The summed E-state index contributed by atoms with van der Waals surface area (Å²) in [5, 5.41) is 3.50. The van der Waals surface area contributed by atoms with E-state index in [1.807, 2.05) is 31.7 Å². The number of anilines is 1. The average molecular weight is 326 g/mol. The molecule has 3 rings (SSSR count). The molecule has 1 unspecified atom stereocenters. The second kappa shape index (κ2) is 6.24. The molecule has 0 saturated heterocycles. The lowest BCUT2D eigenvalue weighted by Crippen LogP contribution is -2.28. The first kappa shape index (κ1) is 15.9. The molecule has 5 heteroatoms. The minimum atomic E-state index is 0.137. The SMILES string of the molecule is Cc1cc(NC2SC(c3c(C)cccc3C)=CN2C)nc(C)n1. The molecule has 2 heterocycles. The molecule has 0 saturated carbocycles. The molecule has 0 amide bonds. The highest BCUT2D eigenvalue weighted by atomic mass is 32.2. The summed E-state index contributed by atoms with van der Waals surface area (Å²) in [5.74, 6) is 1.66. The van der Waals surface area contributed by atoms with Crippen molar-refractivity contribution >= 4 is 22.5 Å². The Morgan fingerprint density at radius 1 is 1.09 bits per heavy atom. The minimum Gasteiger partial charge on any atom is -0.351 e. The third-order valence-corrected chi connectivity index (χ3v) is 5.13. The summed E-state index contributed by atoms with van der Waals surface area (Å²) >= 11 is 1.82. The number of aryl methyl sites for hydroxylation is 4. The molecule has 4 nitrogen and oxygen atoms in total. The van der Waals surface area contributed by atoms with Gasteiger partial charge in [-0.2, -0.15) is 0 Å². The molecule has 0 spiro atoms. The Hall–Kier alpha value is -2.01. The van der Waals surface area contributed by atoms with E-state index in [4.69, 9.17) is 0 Å². The number of rotatable bonds is 3. The van der Waals surface area contributed by atoms with Gasteiger partial charge in [-0.1, -0.05) is 30.0 Å². The Bertz CT molecular complexity index is 729. The number of aromatic nitrogens is 2. The van der Waals surface area contributed by atoms with Crippen molar-refractivity contribution in [3.05, 3.63) is 58.7 Å². The molecular formula is C18H22N4S. The molecule has 120 valence electrons. The van der Waals surface area contributed by atoms with Crippen LogP contribution in [0.2, 0.25) is 0 Å². The van der Waals surface area contributed by atoms with Crippen LogP contribution in [0.1, 0.15) is 28.2 Å². The lowest BCUT2D eigenvalue weighted by Gasteiger charge is -2.21. The van der Waals surface area contributed by atoms with Gasteiger partial charge < -0.3 is 10.2 Å². The van der Waals surface area contributed by atoms with Crippen LogP contribution in [0.5, 0.6) is 0 Å². The maximum atomic E-state index is 4.48. The maximum absolute atomic E-state index is 4.48. The molecule has 0 fully saturated rings. The van der Waals surface area contributed by atoms with Crippen molar-refractivity contribution < 1.29 is 0 Å². The Kier molecular flexibility index (Phi) is 4.31. The van der Waals surface area contributed by atoms with E-state index in [0.717, 1.165) is 17.3 Å². The average Bonchev–Trinajstić information content (AvgIpc) is 2.78. The number of nitrogens with one attached hydrogen (secondary N) is 1. The standard InChI is InChI=1S/C18H22N4S/c1-11-7-6-8-12(2)17(11)15-10-22(5)18(23-15)21-16-9-13(3)19-14(4)20-16/h6-10,18H,1-5H3,(H,19,20,21). The highest BCUT2D eigenvalue weighted by molar-refractivity contribution is 8.09. The van der Waals surface area contributed by atoms with Crippen LogP contribution in [-0.4, -0.2) is 27.4 Å². The molecular weight excluding hydrogens is 304 g/mol. The van der Waals surface area contributed by atoms with Gasteiger partial charge in [0, 0.05) is 29.9 Å². The zero-order valence-corrected chi connectivity index (χ0v) is 15.0. The number of nitrogens with zero attached hydrogens (tertiary/aromatic N) is 3. The number of hydrogen-bond acceptors (Lipinski definition) is 5. The van der Waals surface area contributed by atoms with Crippen molar-refractivity contribution in [1.29, 1.82) is 0 Å². The van der Waals surface area contributed by atoms with Crippen LogP contribution in [0.15, 0.2) is 30.5 Å². The fraction of sp³-hybridized carbons (Fsp3) is 0.333. The first-order valence-corrected chi connectivity index (χ1v) is 8.58. The van der Waals surface area contributed by atoms with Crippen molar-refractivity contribution in [1.82, 2.24) is 14.9 Å². The molecule has 0 bridgehead atoms. The van der Waals surface area contributed by atoms with Gasteiger partial charge in [-0.15, -0.1) is 0 Å². The van der Waals surface area contributed by atoms with Crippen LogP contribution in [0, 0.1) is 27.7 Å². The Morgan fingerprint density at radius 2 is 1.78 bits per heavy atom. The van der Waals surface area contributed by atoms with Gasteiger partial charge >= 0.3 is 0 Å². The second-order valence-corrected chi connectivity index (χ2v) is 7.10. The summed E-state index contributed by atoms with van der Waals surface area (Å²) in [4.78, 5) is 12.3. The van der Waals surface area contributed by atoms with Gasteiger partial charge in [-0.3, -0.25) is 0 Å². The maximum Gasteiger partial charge on any atom is 0.153 e. The van der Waals surface area contributed by atoms with E-state index in [0.29, 0.717) is 0 Å². The highest BCUT2D eigenvalue weighted by Crippen LogP contribution is 2.41. The van der Waals surface area contributed by atoms with Crippen LogP contribution >= 0.6 is 11.8 Å². The lowest BCUT2D eigenvalue weighted by molar-refractivity contribution is 0.467. The van der Waals surface area contributed by atoms with Crippen LogP contribution in [0.4, 0.5) is 5.82 Å². The molecule has 0 aliphatic carbocycles. The van der Waals surface area contributed by atoms with E-state index in [1.165, 1.54) is 21.6 Å². The normalized spacial score (nSPS) is 17.3. The molecule has 1 N–H and O–H groups in total. The van der Waals surface area contributed by atoms with Gasteiger partial charge in [0.15, 0.2) is 5.50 Å². The Labute approximate surface area is 142 Å². The van der Waals surface area contributed by atoms with Crippen LogP contribution in [-0.2, 0) is 0 Å². The third-order valence-electron chi connectivity index (χ3n) is 3.89. The summed E-state index contributed by atoms with van der Waals surface area (Å²) in [5.41, 5.74) is 5.08. The van der Waals surface area contributed by atoms with Gasteiger partial charge in [-0.05, 0) is 44.4 Å². The Balaban J connectivity index is 1.81. The lowest BCUT2D eigenvalue weighted by atomic mass is 10.0. The number of hydrogen-bond donors (Lipinski definition) is 1. The van der Waals surface area contributed by atoms with E-state index < -0.39 is 0 Å². The van der Waals surface area contributed by atoms with E-state index in [-0.39, 0.29) is 5.50 Å². The fourth-order valence-corrected chi connectivity index (χ4v) is 4.18. The van der Waals surface area contributed by atoms with Crippen LogP contribution < -0.4 is 5.32 Å². The predicted octanol–water partition coefficient (Wildman–Crippen LogP) is 4.08. The number of thioether (sulfide) groups is 1. The minimum absolute atomic E-state index is 0.137. The second-order valence-electron chi connectivity index (χ2n) is 5.98. The molecule has 1 aliphatic heterocycles.